The summed E-state index contributed by atoms with van der Waals surface area (Å²) >= 11 is 5.70. The first-order valence-corrected chi connectivity index (χ1v) is 7.89. The summed E-state index contributed by atoms with van der Waals surface area (Å²) in [7, 11) is -1.42. The van der Waals surface area contributed by atoms with Crippen LogP contribution in [-0.4, -0.2) is 33.0 Å². The highest BCUT2D eigenvalue weighted by Crippen LogP contribution is 2.18. The van der Waals surface area contributed by atoms with Crippen LogP contribution in [0.3, 0.4) is 0 Å². The maximum absolute atomic E-state index is 13.0. The van der Waals surface area contributed by atoms with Crippen LogP contribution in [0.25, 0.3) is 0 Å². The Labute approximate surface area is 112 Å². The van der Waals surface area contributed by atoms with Crippen LogP contribution in [0, 0.1) is 5.82 Å². The second-order valence-corrected chi connectivity index (χ2v) is 7.19. The molecule has 0 aliphatic carbocycles. The molecular formula is C12H17ClFNO2S. The molecule has 18 heavy (non-hydrogen) atoms. The SMILES string of the molecule is CNC(Cc1ccc(F)c(Cl)c1)C(C)S(C)(=O)=O. The Kier molecular flexibility index (Phi) is 5.13. The van der Waals surface area contributed by atoms with E-state index in [4.69, 9.17) is 11.6 Å². The molecule has 0 saturated heterocycles. The first kappa shape index (κ1) is 15.4. The number of halogens is 2. The number of nitrogens with one attached hydrogen (secondary N) is 1. The predicted octanol–water partition coefficient (Wildman–Crippen LogP) is 2.04. The third kappa shape index (κ3) is 3.93. The van der Waals surface area contributed by atoms with Crippen molar-refractivity contribution in [1.29, 1.82) is 0 Å². The summed E-state index contributed by atoms with van der Waals surface area (Å²) < 4.78 is 36.1. The molecule has 1 N–H and O–H groups in total. The van der Waals surface area contributed by atoms with E-state index in [0.29, 0.717) is 6.42 Å². The molecule has 0 fully saturated rings. The van der Waals surface area contributed by atoms with Crippen LogP contribution in [0.4, 0.5) is 4.39 Å². The summed E-state index contributed by atoms with van der Waals surface area (Å²) in [4.78, 5) is 0. The molecular weight excluding hydrogens is 277 g/mol. The Hall–Kier alpha value is -0.650. The van der Waals surface area contributed by atoms with Crippen molar-refractivity contribution in [2.75, 3.05) is 13.3 Å². The van der Waals surface area contributed by atoms with Crippen LogP contribution in [-0.2, 0) is 16.3 Å². The molecule has 0 saturated carbocycles. The van der Waals surface area contributed by atoms with E-state index in [-0.39, 0.29) is 11.1 Å². The van der Waals surface area contributed by atoms with Crippen molar-refractivity contribution in [2.24, 2.45) is 0 Å². The number of rotatable bonds is 5. The second kappa shape index (κ2) is 5.99. The molecule has 2 unspecified atom stereocenters. The van der Waals surface area contributed by atoms with Crippen LogP contribution in [0.5, 0.6) is 0 Å². The maximum Gasteiger partial charge on any atom is 0.151 e. The van der Waals surface area contributed by atoms with E-state index in [2.05, 4.69) is 5.32 Å². The lowest BCUT2D eigenvalue weighted by molar-refractivity contribution is 0.516. The van der Waals surface area contributed by atoms with E-state index in [1.807, 2.05) is 0 Å². The Morgan fingerprint density at radius 1 is 1.44 bits per heavy atom. The molecule has 1 aromatic rings. The Balaban J connectivity index is 2.89. The molecule has 2 atom stereocenters. The van der Waals surface area contributed by atoms with Gasteiger partial charge in [-0.1, -0.05) is 17.7 Å². The van der Waals surface area contributed by atoms with Gasteiger partial charge in [0.25, 0.3) is 0 Å². The van der Waals surface area contributed by atoms with Crippen molar-refractivity contribution in [2.45, 2.75) is 24.6 Å². The third-order valence-electron chi connectivity index (χ3n) is 3.05. The Morgan fingerprint density at radius 2 is 2.06 bits per heavy atom. The minimum absolute atomic E-state index is 0.0503. The normalized spacial score (nSPS) is 15.4. The molecule has 1 rings (SSSR count). The lowest BCUT2D eigenvalue weighted by Crippen LogP contribution is -2.41. The fourth-order valence-corrected chi connectivity index (χ4v) is 2.75. The van der Waals surface area contributed by atoms with Gasteiger partial charge in [-0.25, -0.2) is 12.8 Å². The molecule has 0 spiro atoms. The van der Waals surface area contributed by atoms with Crippen LogP contribution >= 0.6 is 11.6 Å². The van der Waals surface area contributed by atoms with Crippen LogP contribution in [0.1, 0.15) is 12.5 Å². The van der Waals surface area contributed by atoms with Gasteiger partial charge < -0.3 is 5.32 Å². The van der Waals surface area contributed by atoms with Gasteiger partial charge in [-0.2, -0.15) is 0 Å². The number of hydrogen-bond donors (Lipinski definition) is 1. The highest BCUT2D eigenvalue weighted by atomic mass is 35.5. The van der Waals surface area contributed by atoms with Gasteiger partial charge in [0.2, 0.25) is 0 Å². The van der Waals surface area contributed by atoms with Crippen molar-refractivity contribution in [3.8, 4) is 0 Å². The number of sulfone groups is 1. The van der Waals surface area contributed by atoms with Gasteiger partial charge in [0.1, 0.15) is 5.82 Å². The van der Waals surface area contributed by atoms with Gasteiger partial charge in [-0.15, -0.1) is 0 Å². The standard InChI is InChI=1S/C12H17ClFNO2S/c1-8(18(3,16)17)12(15-2)7-9-4-5-11(14)10(13)6-9/h4-6,8,12,15H,7H2,1-3H3. The zero-order valence-electron chi connectivity index (χ0n) is 10.6. The van der Waals surface area contributed by atoms with Gasteiger partial charge >= 0.3 is 0 Å². The number of benzene rings is 1. The number of likely N-dealkylation sites (N-methyl/N-ethyl adjacent to an activating group) is 1. The van der Waals surface area contributed by atoms with E-state index >= 15 is 0 Å². The summed E-state index contributed by atoms with van der Waals surface area (Å²) in [5, 5.41) is 2.50. The van der Waals surface area contributed by atoms with Crippen molar-refractivity contribution in [1.82, 2.24) is 5.32 Å². The third-order valence-corrected chi connectivity index (χ3v) is 5.02. The fraction of sp³-hybridized carbons (Fsp3) is 0.500. The van der Waals surface area contributed by atoms with Crippen LogP contribution in [0.2, 0.25) is 5.02 Å². The lowest BCUT2D eigenvalue weighted by Gasteiger charge is -2.22. The minimum Gasteiger partial charge on any atom is -0.315 e. The van der Waals surface area contributed by atoms with Crippen LogP contribution < -0.4 is 5.32 Å². The zero-order chi connectivity index (χ0) is 13.9. The van der Waals surface area contributed by atoms with Gasteiger partial charge in [0.05, 0.1) is 10.3 Å². The quantitative estimate of drug-likeness (QED) is 0.904. The lowest BCUT2D eigenvalue weighted by atomic mass is 10.0. The van der Waals surface area contributed by atoms with Gasteiger partial charge in [0.15, 0.2) is 9.84 Å². The van der Waals surface area contributed by atoms with Crippen molar-refractivity contribution < 1.29 is 12.8 Å². The minimum atomic E-state index is -3.12. The summed E-state index contributed by atoms with van der Waals surface area (Å²) in [6.07, 6.45) is 1.68. The summed E-state index contributed by atoms with van der Waals surface area (Å²) in [5.41, 5.74) is 0.802. The average molecular weight is 294 g/mol. The van der Waals surface area contributed by atoms with E-state index in [0.717, 1.165) is 5.56 Å². The molecule has 1 aromatic carbocycles. The smallest absolute Gasteiger partial charge is 0.151 e. The highest BCUT2D eigenvalue weighted by Gasteiger charge is 2.24. The zero-order valence-corrected chi connectivity index (χ0v) is 12.1. The highest BCUT2D eigenvalue weighted by molar-refractivity contribution is 7.91. The molecule has 0 amide bonds. The van der Waals surface area contributed by atoms with Crippen molar-refractivity contribution in [3.05, 3.63) is 34.6 Å². The van der Waals surface area contributed by atoms with Crippen LogP contribution in [0.15, 0.2) is 18.2 Å². The topological polar surface area (TPSA) is 46.2 Å². The van der Waals surface area contributed by atoms with E-state index in [9.17, 15) is 12.8 Å². The fourth-order valence-electron chi connectivity index (χ4n) is 1.72. The van der Waals surface area contributed by atoms with Gasteiger partial charge in [-0.05, 0) is 38.1 Å². The molecule has 0 aliphatic rings. The number of hydrogen-bond acceptors (Lipinski definition) is 3. The molecule has 0 aliphatic heterocycles. The van der Waals surface area contributed by atoms with Gasteiger partial charge in [-0.3, -0.25) is 0 Å². The first-order valence-electron chi connectivity index (χ1n) is 5.55. The molecule has 6 heteroatoms. The summed E-state index contributed by atoms with van der Waals surface area (Å²) in [5.74, 6) is -0.474. The maximum atomic E-state index is 13.0. The Morgan fingerprint density at radius 3 is 2.50 bits per heavy atom. The molecule has 0 radical (unpaired) electrons. The average Bonchev–Trinajstić information content (AvgIpc) is 2.28. The van der Waals surface area contributed by atoms with Crippen molar-refractivity contribution in [3.63, 3.8) is 0 Å². The molecule has 0 heterocycles. The Bertz CT molecular complexity index is 519. The van der Waals surface area contributed by atoms with E-state index in [1.165, 1.54) is 18.4 Å². The summed E-state index contributed by atoms with van der Waals surface area (Å²) in [6, 6.07) is 4.19. The monoisotopic (exact) mass is 293 g/mol. The summed E-state index contributed by atoms with van der Waals surface area (Å²) in [6.45, 7) is 1.65. The largest absolute Gasteiger partial charge is 0.315 e. The first-order chi connectivity index (χ1) is 8.25. The predicted molar refractivity (Wildman–Crippen MR) is 72.3 cm³/mol. The molecule has 3 nitrogen and oxygen atoms in total. The molecule has 0 aromatic heterocycles. The second-order valence-electron chi connectivity index (χ2n) is 4.38. The van der Waals surface area contributed by atoms with E-state index in [1.54, 1.807) is 20.0 Å². The van der Waals surface area contributed by atoms with Gasteiger partial charge in [0, 0.05) is 12.3 Å². The van der Waals surface area contributed by atoms with Crippen molar-refractivity contribution >= 4 is 21.4 Å². The molecule has 102 valence electrons. The van der Waals surface area contributed by atoms with E-state index < -0.39 is 20.9 Å². The molecule has 0 bridgehead atoms.